The molecule has 5 nitrogen and oxygen atoms in total. The van der Waals surface area contributed by atoms with E-state index >= 15 is 0 Å². The van der Waals surface area contributed by atoms with Crippen molar-refractivity contribution in [3.63, 3.8) is 0 Å². The summed E-state index contributed by atoms with van der Waals surface area (Å²) in [5.41, 5.74) is 3.05. The summed E-state index contributed by atoms with van der Waals surface area (Å²) in [5.74, 6) is 0.796. The van der Waals surface area contributed by atoms with Crippen LogP contribution in [0.1, 0.15) is 18.4 Å². The van der Waals surface area contributed by atoms with Crippen molar-refractivity contribution >= 4 is 22.7 Å². The Morgan fingerprint density at radius 1 is 1.10 bits per heavy atom. The van der Waals surface area contributed by atoms with Gasteiger partial charge in [-0.05, 0) is 36.6 Å². The molecule has 0 aliphatic carbocycles. The van der Waals surface area contributed by atoms with Crippen LogP contribution in [0.5, 0.6) is 5.75 Å². The highest BCUT2D eigenvalue weighted by atomic mass is 16.5. The highest BCUT2D eigenvalue weighted by molar-refractivity contribution is 5.92. The summed E-state index contributed by atoms with van der Waals surface area (Å²) < 4.78 is 7.07. The maximum Gasteiger partial charge on any atom is 0.252 e. The van der Waals surface area contributed by atoms with Crippen LogP contribution in [-0.4, -0.2) is 42.3 Å². The van der Waals surface area contributed by atoms with Crippen LogP contribution in [0, 0.1) is 0 Å². The second-order valence-electron chi connectivity index (χ2n) is 7.87. The number of aryl methyl sites for hydroxylation is 1. The van der Waals surface area contributed by atoms with E-state index in [9.17, 15) is 4.79 Å². The van der Waals surface area contributed by atoms with Gasteiger partial charge in [0.2, 0.25) is 0 Å². The Hall–Kier alpha value is -3.05. The maximum atomic E-state index is 12.4. The van der Waals surface area contributed by atoms with E-state index in [1.54, 1.807) is 17.7 Å². The number of hydrogen-bond acceptors (Lipinski definition) is 4. The highest BCUT2D eigenvalue weighted by Crippen LogP contribution is 2.27. The quantitative estimate of drug-likeness (QED) is 0.672. The lowest BCUT2D eigenvalue weighted by Gasteiger charge is -2.32. The summed E-state index contributed by atoms with van der Waals surface area (Å²) in [5, 5.41) is 4.65. The molecule has 4 rings (SSSR count). The molecule has 0 spiro atoms. The number of hydrogen-bond donors (Lipinski definition) is 1. The first kappa shape index (κ1) is 20.2. The van der Waals surface area contributed by atoms with E-state index in [0.29, 0.717) is 6.04 Å². The van der Waals surface area contributed by atoms with Crippen molar-refractivity contribution < 1.29 is 4.74 Å². The van der Waals surface area contributed by atoms with E-state index < -0.39 is 0 Å². The number of nitrogens with zero attached hydrogens (tertiary/aromatic N) is 2. The molecule has 3 aromatic rings. The van der Waals surface area contributed by atoms with Crippen molar-refractivity contribution in [3.8, 4) is 5.75 Å². The van der Waals surface area contributed by atoms with E-state index in [2.05, 4.69) is 46.6 Å². The predicted molar refractivity (Wildman–Crippen MR) is 124 cm³/mol. The van der Waals surface area contributed by atoms with Gasteiger partial charge in [0, 0.05) is 49.9 Å². The smallest absolute Gasteiger partial charge is 0.252 e. The topological polar surface area (TPSA) is 46.5 Å². The number of aromatic nitrogens is 1. The van der Waals surface area contributed by atoms with Crippen molar-refractivity contribution in [2.75, 3.05) is 32.1 Å². The molecule has 0 unspecified atom stereocenters. The molecular formula is C25H29N3O2. The number of anilines is 1. The number of piperidine rings is 1. The molecular weight excluding hydrogens is 374 g/mol. The third kappa shape index (κ3) is 4.57. The molecule has 0 amide bonds. The van der Waals surface area contributed by atoms with Crippen LogP contribution in [-0.2, 0) is 7.05 Å². The van der Waals surface area contributed by atoms with Crippen molar-refractivity contribution in [3.05, 3.63) is 76.6 Å². The molecule has 1 aliphatic heterocycles. The largest absolute Gasteiger partial charge is 0.497 e. The fourth-order valence-electron chi connectivity index (χ4n) is 4.07. The lowest BCUT2D eigenvalue weighted by molar-refractivity contribution is 0.240. The molecule has 1 aliphatic rings. The van der Waals surface area contributed by atoms with Gasteiger partial charge in [-0.15, -0.1) is 0 Å². The maximum absolute atomic E-state index is 12.4. The molecule has 30 heavy (non-hydrogen) atoms. The zero-order chi connectivity index (χ0) is 20.9. The monoisotopic (exact) mass is 403 g/mol. The third-order valence-corrected chi connectivity index (χ3v) is 5.87. The second-order valence-corrected chi connectivity index (χ2v) is 7.87. The van der Waals surface area contributed by atoms with Crippen LogP contribution in [0.4, 0.5) is 5.69 Å². The lowest BCUT2D eigenvalue weighted by atomic mass is 10.0. The summed E-state index contributed by atoms with van der Waals surface area (Å²) in [6.45, 7) is 3.05. The average Bonchev–Trinajstić information content (AvgIpc) is 2.79. The number of fused-ring (bicyclic) bond motifs is 1. The van der Waals surface area contributed by atoms with Crippen LogP contribution < -0.4 is 15.6 Å². The zero-order valence-electron chi connectivity index (χ0n) is 17.7. The average molecular weight is 404 g/mol. The number of rotatable bonds is 6. The van der Waals surface area contributed by atoms with Gasteiger partial charge in [-0.25, -0.2) is 0 Å². The fraction of sp³-hybridized carbons (Fsp3) is 0.320. The Labute approximate surface area is 177 Å². The Balaban J connectivity index is 1.40. The number of pyridine rings is 1. The molecule has 1 N–H and O–H groups in total. The van der Waals surface area contributed by atoms with Crippen molar-refractivity contribution in [1.29, 1.82) is 0 Å². The first-order valence-corrected chi connectivity index (χ1v) is 10.5. The molecule has 2 heterocycles. The molecule has 0 atom stereocenters. The van der Waals surface area contributed by atoms with Gasteiger partial charge in [0.25, 0.3) is 5.56 Å². The number of nitrogens with one attached hydrogen (secondary N) is 1. The van der Waals surface area contributed by atoms with Gasteiger partial charge >= 0.3 is 0 Å². The van der Waals surface area contributed by atoms with Gasteiger partial charge in [0.1, 0.15) is 5.75 Å². The minimum atomic E-state index is -0.00125. The van der Waals surface area contributed by atoms with Crippen molar-refractivity contribution in [2.45, 2.75) is 18.9 Å². The zero-order valence-corrected chi connectivity index (χ0v) is 17.7. The molecule has 0 bridgehead atoms. The highest BCUT2D eigenvalue weighted by Gasteiger charge is 2.19. The number of ether oxygens (including phenoxy) is 1. The number of likely N-dealkylation sites (tertiary alicyclic amines) is 1. The normalized spacial score (nSPS) is 15.7. The van der Waals surface area contributed by atoms with Gasteiger partial charge in [-0.2, -0.15) is 0 Å². The minimum Gasteiger partial charge on any atom is -0.497 e. The van der Waals surface area contributed by atoms with Crippen LogP contribution in [0.25, 0.3) is 17.0 Å². The summed E-state index contributed by atoms with van der Waals surface area (Å²) in [6.07, 6.45) is 6.53. The standard InChI is InChI=1S/C25H29N3O2/c1-27-24-11-10-21(30-2)17-22(24)23(18-25(27)29)26-20-12-15-28(16-13-20)14-6-9-19-7-4-3-5-8-19/h3-11,17-18,20,26H,12-16H2,1-2H3/b9-6+. The third-order valence-electron chi connectivity index (χ3n) is 5.87. The fourth-order valence-corrected chi connectivity index (χ4v) is 4.07. The Morgan fingerprint density at radius 2 is 1.87 bits per heavy atom. The van der Waals surface area contributed by atoms with Gasteiger partial charge < -0.3 is 14.6 Å². The number of methoxy groups -OCH3 is 1. The summed E-state index contributed by atoms with van der Waals surface area (Å²) in [4.78, 5) is 14.9. The molecule has 5 heteroatoms. The van der Waals surface area contributed by atoms with Gasteiger partial charge in [-0.3, -0.25) is 9.69 Å². The van der Waals surface area contributed by atoms with Crippen LogP contribution >= 0.6 is 0 Å². The van der Waals surface area contributed by atoms with Crippen LogP contribution in [0.3, 0.4) is 0 Å². The molecule has 1 fully saturated rings. The van der Waals surface area contributed by atoms with E-state index in [1.165, 1.54) is 5.56 Å². The molecule has 156 valence electrons. The predicted octanol–water partition coefficient (Wildman–Crippen LogP) is 4.14. The van der Waals surface area contributed by atoms with Crippen molar-refractivity contribution in [2.24, 2.45) is 7.05 Å². The minimum absolute atomic E-state index is 0.00125. The van der Waals surface area contributed by atoms with Gasteiger partial charge in [0.15, 0.2) is 0 Å². The van der Waals surface area contributed by atoms with Gasteiger partial charge in [0.05, 0.1) is 12.6 Å². The van der Waals surface area contributed by atoms with E-state index in [0.717, 1.165) is 54.8 Å². The summed E-state index contributed by atoms with van der Waals surface area (Å²) in [6, 6.07) is 18.3. The number of benzene rings is 2. The van der Waals surface area contributed by atoms with Crippen LogP contribution in [0.2, 0.25) is 0 Å². The summed E-state index contributed by atoms with van der Waals surface area (Å²) in [7, 11) is 3.47. The Kier molecular flexibility index (Phi) is 6.19. The molecule has 0 saturated carbocycles. The van der Waals surface area contributed by atoms with E-state index in [-0.39, 0.29) is 5.56 Å². The Morgan fingerprint density at radius 3 is 2.60 bits per heavy atom. The van der Waals surface area contributed by atoms with E-state index in [1.807, 2.05) is 31.3 Å². The first-order chi connectivity index (χ1) is 14.6. The molecule has 1 saturated heterocycles. The summed E-state index contributed by atoms with van der Waals surface area (Å²) >= 11 is 0. The Bertz CT molecular complexity index is 1080. The van der Waals surface area contributed by atoms with Crippen LogP contribution in [0.15, 0.2) is 65.5 Å². The molecule has 1 aromatic heterocycles. The first-order valence-electron chi connectivity index (χ1n) is 10.5. The lowest BCUT2D eigenvalue weighted by Crippen LogP contribution is -2.39. The van der Waals surface area contributed by atoms with Gasteiger partial charge in [-0.1, -0.05) is 42.5 Å². The SMILES string of the molecule is COc1ccc2c(c1)c(NC1CCN(C/C=C/c3ccccc3)CC1)cc(=O)n2C. The molecule has 0 radical (unpaired) electrons. The van der Waals surface area contributed by atoms with E-state index in [4.69, 9.17) is 4.74 Å². The van der Waals surface area contributed by atoms with Crippen molar-refractivity contribution in [1.82, 2.24) is 9.47 Å². The second kappa shape index (κ2) is 9.18. The molecule has 2 aromatic carbocycles.